The molecule has 2 aromatic rings. The highest BCUT2D eigenvalue weighted by molar-refractivity contribution is 8.00. The van der Waals surface area contributed by atoms with Gasteiger partial charge in [-0.3, -0.25) is 10.3 Å². The number of aryl methyl sites for hydroxylation is 2. The van der Waals surface area contributed by atoms with Crippen molar-refractivity contribution in [3.8, 4) is 0 Å². The van der Waals surface area contributed by atoms with Crippen LogP contribution in [0.25, 0.3) is 10.4 Å². The van der Waals surface area contributed by atoms with E-state index in [-0.39, 0.29) is 23.4 Å². The number of benzene rings is 2. The number of aliphatic hydroxyl groups excluding tert-OH is 1. The van der Waals surface area contributed by atoms with Crippen molar-refractivity contribution in [2.24, 2.45) is 21.9 Å². The van der Waals surface area contributed by atoms with E-state index < -0.39 is 6.36 Å². The number of rotatable bonds is 14. The van der Waals surface area contributed by atoms with E-state index in [1.54, 1.807) is 37.3 Å². The number of thioether (sulfide) groups is 1. The van der Waals surface area contributed by atoms with Gasteiger partial charge in [0.05, 0.1) is 5.69 Å². The van der Waals surface area contributed by atoms with E-state index in [0.717, 1.165) is 36.6 Å². The van der Waals surface area contributed by atoms with Crippen molar-refractivity contribution < 1.29 is 13.9 Å². The molecule has 5 unspecified atom stereocenters. The van der Waals surface area contributed by atoms with Crippen LogP contribution in [0.5, 0.6) is 0 Å². The van der Waals surface area contributed by atoms with Gasteiger partial charge in [-0.15, -0.1) is 11.8 Å². The second kappa shape index (κ2) is 23.5. The van der Waals surface area contributed by atoms with Crippen molar-refractivity contribution in [2.45, 2.75) is 86.3 Å². The number of aliphatic imine (C=N–C) groups is 1. The molecule has 0 saturated carbocycles. The summed E-state index contributed by atoms with van der Waals surface area (Å²) in [5.41, 5.74) is 17.2. The normalized spacial score (nSPS) is 16.9. The molecule has 0 amide bonds. The Hall–Kier alpha value is -3.89. The minimum absolute atomic E-state index is 0.0607. The fourth-order valence-corrected chi connectivity index (χ4v) is 6.18. The number of azide groups is 1. The van der Waals surface area contributed by atoms with E-state index in [2.05, 4.69) is 109 Å². The minimum atomic E-state index is -1.67. The van der Waals surface area contributed by atoms with Crippen LogP contribution in [0, 0.1) is 31.5 Å². The molecule has 5 atom stereocenters. The molecule has 0 saturated heterocycles. The van der Waals surface area contributed by atoms with Gasteiger partial charge in [-0.25, -0.2) is 8.78 Å². The quantitative estimate of drug-likeness (QED) is 0.0516. The largest absolute Gasteiger partial charge is 0.364 e. The van der Waals surface area contributed by atoms with E-state index in [0.29, 0.717) is 17.4 Å². The average molecular weight is 696 g/mol. The third-order valence-corrected chi connectivity index (χ3v) is 8.80. The van der Waals surface area contributed by atoms with Crippen molar-refractivity contribution in [1.82, 2.24) is 10.6 Å². The summed E-state index contributed by atoms with van der Waals surface area (Å²) < 4.78 is 25.5. The molecule has 2 aromatic carbocycles. The second-order valence-corrected chi connectivity index (χ2v) is 13.0. The molecule has 0 aliphatic heterocycles. The number of halogens is 2. The summed E-state index contributed by atoms with van der Waals surface area (Å²) >= 11 is 1.54. The molecule has 8 nitrogen and oxygen atoms in total. The van der Waals surface area contributed by atoms with Crippen LogP contribution in [0.2, 0.25) is 0 Å². The van der Waals surface area contributed by atoms with E-state index in [1.165, 1.54) is 28.3 Å². The Morgan fingerprint density at radius 1 is 1.16 bits per heavy atom. The van der Waals surface area contributed by atoms with E-state index in [4.69, 9.17) is 5.11 Å². The maximum absolute atomic E-state index is 15.0. The zero-order valence-electron chi connectivity index (χ0n) is 30.5. The van der Waals surface area contributed by atoms with E-state index in [1.807, 2.05) is 19.9 Å². The van der Waals surface area contributed by atoms with Crippen LogP contribution in [0.15, 0.2) is 99.9 Å². The molecular weight excluding hydrogens is 641 g/mol. The molecule has 11 heteroatoms. The van der Waals surface area contributed by atoms with Crippen molar-refractivity contribution in [1.29, 1.82) is 0 Å². The molecule has 1 aliphatic rings. The SMILES string of the molecule is C=CNC(Nc1ccc(C(/N=C\C)NC)cc1F)SC/C(C)=C(/N=[N+]=[N-])C(CC)C1=CC=C(C)CC1C.CC(O)F.Cc1ccc(C)cc1. The third kappa shape index (κ3) is 15.9. The van der Waals surface area contributed by atoms with Gasteiger partial charge in [0, 0.05) is 22.3 Å². The van der Waals surface area contributed by atoms with Crippen LogP contribution in [0.1, 0.15) is 77.2 Å². The third-order valence-electron chi connectivity index (χ3n) is 7.61. The zero-order chi connectivity index (χ0) is 36.9. The molecule has 4 N–H and O–H groups in total. The molecule has 0 heterocycles. The predicted octanol–water partition coefficient (Wildman–Crippen LogP) is 10.4. The smallest absolute Gasteiger partial charge is 0.193 e. The Kier molecular flexibility index (Phi) is 20.7. The first-order valence-corrected chi connectivity index (χ1v) is 17.5. The molecule has 3 rings (SSSR count). The van der Waals surface area contributed by atoms with Crippen LogP contribution < -0.4 is 16.0 Å². The number of allylic oxidation sites excluding steroid dienone is 4. The first-order chi connectivity index (χ1) is 23.3. The summed E-state index contributed by atoms with van der Waals surface area (Å²) in [6.07, 6.45) is 7.51. The van der Waals surface area contributed by atoms with Gasteiger partial charge in [0.15, 0.2) is 6.36 Å². The Bertz CT molecular complexity index is 1460. The molecular formula is C38H55F2N7OS. The minimum Gasteiger partial charge on any atom is -0.364 e. The van der Waals surface area contributed by atoms with Crippen LogP contribution in [0.3, 0.4) is 0 Å². The van der Waals surface area contributed by atoms with E-state index in [9.17, 15) is 14.3 Å². The average Bonchev–Trinajstić information content (AvgIpc) is 3.05. The van der Waals surface area contributed by atoms with Crippen molar-refractivity contribution in [2.75, 3.05) is 18.1 Å². The molecule has 0 radical (unpaired) electrons. The van der Waals surface area contributed by atoms with Gasteiger partial charge >= 0.3 is 0 Å². The number of alkyl halides is 1. The number of hydrogen-bond donors (Lipinski definition) is 4. The number of nitrogens with zero attached hydrogens (tertiary/aromatic N) is 4. The maximum atomic E-state index is 15.0. The molecule has 268 valence electrons. The number of nitrogens with one attached hydrogen (secondary N) is 3. The van der Waals surface area contributed by atoms with Gasteiger partial charge in [-0.1, -0.05) is 95.9 Å². The fraction of sp³-hybridized carbons (Fsp3) is 0.447. The van der Waals surface area contributed by atoms with Gasteiger partial charge in [0.25, 0.3) is 0 Å². The summed E-state index contributed by atoms with van der Waals surface area (Å²) in [7, 11) is 1.79. The Balaban J connectivity index is 0.000000840. The topological polar surface area (TPSA) is 117 Å². The van der Waals surface area contributed by atoms with Gasteiger partial charge < -0.3 is 15.7 Å². The van der Waals surface area contributed by atoms with Gasteiger partial charge in [0.1, 0.15) is 17.5 Å². The summed E-state index contributed by atoms with van der Waals surface area (Å²) in [4.78, 5) is 7.47. The lowest BCUT2D eigenvalue weighted by Gasteiger charge is -2.29. The highest BCUT2D eigenvalue weighted by Crippen LogP contribution is 2.37. The highest BCUT2D eigenvalue weighted by atomic mass is 32.2. The van der Waals surface area contributed by atoms with Crippen molar-refractivity contribution >= 4 is 23.7 Å². The zero-order valence-corrected chi connectivity index (χ0v) is 31.3. The Morgan fingerprint density at radius 3 is 2.24 bits per heavy atom. The van der Waals surface area contributed by atoms with Crippen LogP contribution in [0.4, 0.5) is 14.5 Å². The van der Waals surface area contributed by atoms with Crippen LogP contribution in [-0.2, 0) is 0 Å². The molecule has 0 bridgehead atoms. The van der Waals surface area contributed by atoms with Crippen molar-refractivity contribution in [3.05, 3.63) is 123 Å². The first kappa shape index (κ1) is 43.1. The van der Waals surface area contributed by atoms with Gasteiger partial charge in [0.2, 0.25) is 0 Å². The number of anilines is 1. The molecule has 49 heavy (non-hydrogen) atoms. The van der Waals surface area contributed by atoms with Crippen LogP contribution in [-0.4, -0.2) is 36.0 Å². The summed E-state index contributed by atoms with van der Waals surface area (Å²) in [5.74, 6) is 0.681. The Labute approximate surface area is 296 Å². The second-order valence-electron chi connectivity index (χ2n) is 11.9. The fourth-order valence-electron chi connectivity index (χ4n) is 5.21. The number of hydrogen-bond acceptors (Lipinski definition) is 7. The number of aliphatic hydroxyl groups is 1. The molecule has 0 fully saturated rings. The molecule has 0 spiro atoms. The van der Waals surface area contributed by atoms with Gasteiger partial charge in [-0.2, -0.15) is 0 Å². The summed E-state index contributed by atoms with van der Waals surface area (Å²) in [6.45, 7) is 19.3. The molecule has 0 aromatic heterocycles. The highest BCUT2D eigenvalue weighted by Gasteiger charge is 2.25. The lowest BCUT2D eigenvalue weighted by atomic mass is 9.78. The monoisotopic (exact) mass is 695 g/mol. The lowest BCUT2D eigenvalue weighted by Crippen LogP contribution is -2.30. The predicted molar refractivity (Wildman–Crippen MR) is 206 cm³/mol. The summed E-state index contributed by atoms with van der Waals surface area (Å²) in [6, 6.07) is 13.5. The maximum Gasteiger partial charge on any atom is 0.193 e. The standard InChI is InChI=1S/C28H40FN7S.C8H10.C2H5FO/c1-8-22(23-13-11-18(4)15-19(23)5)26(35-36-30)20(6)17-37-28(33-10-3)34-25-14-12-21(16-24(25)29)27(31-7)32-9-2;1-7-3-5-8(2)6-4-7;1-2(3)4/h9-14,16,19,22,27-28,31,33-34H,3,8,15,17H2,1-2,4-7H3;3-6H,1-2H3;2,4H,1H3/b26-20+,32-9-;;. The Morgan fingerprint density at radius 2 is 1.78 bits per heavy atom. The van der Waals surface area contributed by atoms with Crippen LogP contribution >= 0.6 is 11.8 Å². The first-order valence-electron chi connectivity index (χ1n) is 16.5. The van der Waals surface area contributed by atoms with E-state index >= 15 is 0 Å². The summed E-state index contributed by atoms with van der Waals surface area (Å²) in [5, 5.41) is 20.9. The van der Waals surface area contributed by atoms with Crippen molar-refractivity contribution in [3.63, 3.8) is 0 Å². The molecule has 1 aliphatic carbocycles. The lowest BCUT2D eigenvalue weighted by molar-refractivity contribution is 0.0607. The van der Waals surface area contributed by atoms with Gasteiger partial charge in [-0.05, 0) is 103 Å².